The first-order valence-electron chi connectivity index (χ1n) is 7.96. The maximum Gasteiger partial charge on any atom is 0.434 e. The lowest BCUT2D eigenvalue weighted by molar-refractivity contribution is 0.0426. The highest BCUT2D eigenvalue weighted by molar-refractivity contribution is 7.23. The lowest BCUT2D eigenvalue weighted by atomic mass is 10.2. The zero-order valence-electron chi connectivity index (χ0n) is 15.4. The summed E-state index contributed by atoms with van der Waals surface area (Å²) in [7, 11) is 0. The van der Waals surface area contributed by atoms with Crippen molar-refractivity contribution < 1.29 is 19.1 Å². The number of thiophene rings is 1. The Morgan fingerprint density at radius 2 is 1.60 bits per heavy atom. The number of hydrazine groups is 1. The highest BCUT2D eigenvalue weighted by Crippen LogP contribution is 2.32. The lowest BCUT2D eigenvalue weighted by Gasteiger charge is -2.27. The fourth-order valence-electron chi connectivity index (χ4n) is 1.97. The average molecular weight is 364 g/mol. The first-order chi connectivity index (χ1) is 11.4. The Hall–Kier alpha value is -2.28. The van der Waals surface area contributed by atoms with Gasteiger partial charge in [-0.15, -0.1) is 11.3 Å². The predicted molar refractivity (Wildman–Crippen MR) is 99.9 cm³/mol. The predicted octanol–water partition coefficient (Wildman–Crippen LogP) is 5.08. The smallest absolute Gasteiger partial charge is 0.434 e. The largest absolute Gasteiger partial charge is 0.443 e. The summed E-state index contributed by atoms with van der Waals surface area (Å²) in [4.78, 5) is 24.7. The van der Waals surface area contributed by atoms with Crippen LogP contribution in [0, 0.1) is 0 Å². The SMILES string of the molecule is CC(C)(C)OC(=O)NN(C(=O)OC(C)(C)C)c1cc2ccccc2s1. The van der Waals surface area contributed by atoms with Crippen LogP contribution in [0.5, 0.6) is 0 Å². The van der Waals surface area contributed by atoms with Gasteiger partial charge in [-0.05, 0) is 59.1 Å². The van der Waals surface area contributed by atoms with Gasteiger partial charge in [0.25, 0.3) is 0 Å². The molecule has 2 rings (SSSR count). The van der Waals surface area contributed by atoms with Crippen molar-refractivity contribution in [2.45, 2.75) is 52.7 Å². The molecule has 2 aromatic rings. The van der Waals surface area contributed by atoms with Crippen molar-refractivity contribution in [2.24, 2.45) is 0 Å². The average Bonchev–Trinajstić information content (AvgIpc) is 2.84. The number of benzene rings is 1. The van der Waals surface area contributed by atoms with Crippen LogP contribution in [0.2, 0.25) is 0 Å². The summed E-state index contributed by atoms with van der Waals surface area (Å²) in [5.74, 6) is 0. The number of carbonyl (C=O) groups excluding carboxylic acids is 2. The van der Waals surface area contributed by atoms with E-state index in [4.69, 9.17) is 9.47 Å². The van der Waals surface area contributed by atoms with Gasteiger partial charge in [-0.1, -0.05) is 18.2 Å². The van der Waals surface area contributed by atoms with Gasteiger partial charge in [-0.2, -0.15) is 5.01 Å². The third kappa shape index (κ3) is 5.63. The summed E-state index contributed by atoms with van der Waals surface area (Å²) < 4.78 is 11.7. The number of hydrogen-bond acceptors (Lipinski definition) is 5. The highest BCUT2D eigenvalue weighted by Gasteiger charge is 2.28. The first-order valence-corrected chi connectivity index (χ1v) is 8.78. The van der Waals surface area contributed by atoms with Gasteiger partial charge < -0.3 is 9.47 Å². The second-order valence-corrected chi connectivity index (χ2v) is 8.61. The molecule has 0 unspecified atom stereocenters. The molecule has 0 bridgehead atoms. The van der Waals surface area contributed by atoms with E-state index >= 15 is 0 Å². The molecule has 0 aliphatic rings. The fourth-order valence-corrected chi connectivity index (χ4v) is 2.98. The maximum atomic E-state index is 12.6. The minimum absolute atomic E-state index is 0.543. The number of rotatable bonds is 1. The Labute approximate surface area is 151 Å². The van der Waals surface area contributed by atoms with E-state index in [1.54, 1.807) is 41.5 Å². The van der Waals surface area contributed by atoms with Gasteiger partial charge in [0, 0.05) is 4.70 Å². The van der Waals surface area contributed by atoms with Crippen LogP contribution >= 0.6 is 11.3 Å². The molecule has 0 saturated carbocycles. The molecule has 2 amide bonds. The van der Waals surface area contributed by atoms with Gasteiger partial charge in [0.2, 0.25) is 0 Å². The molecule has 6 nitrogen and oxygen atoms in total. The van der Waals surface area contributed by atoms with E-state index in [2.05, 4.69) is 5.43 Å². The quantitative estimate of drug-likeness (QED) is 0.716. The van der Waals surface area contributed by atoms with Gasteiger partial charge in [0.05, 0.1) is 0 Å². The summed E-state index contributed by atoms with van der Waals surface area (Å²) in [6, 6.07) is 9.54. The normalized spacial score (nSPS) is 11.9. The van der Waals surface area contributed by atoms with Crippen LogP contribution in [0.3, 0.4) is 0 Å². The molecule has 0 fully saturated rings. The van der Waals surface area contributed by atoms with Gasteiger partial charge in [0.1, 0.15) is 16.2 Å². The molecule has 25 heavy (non-hydrogen) atoms. The molecule has 1 heterocycles. The summed E-state index contributed by atoms with van der Waals surface area (Å²) in [6.45, 7) is 10.6. The molecule has 0 aliphatic heterocycles. The molecule has 136 valence electrons. The zero-order chi connectivity index (χ0) is 18.8. The third-order valence-corrected chi connectivity index (χ3v) is 3.91. The van der Waals surface area contributed by atoms with Gasteiger partial charge in [-0.25, -0.2) is 15.0 Å². The number of nitrogens with one attached hydrogen (secondary N) is 1. The van der Waals surface area contributed by atoms with E-state index in [0.717, 1.165) is 15.1 Å². The van der Waals surface area contributed by atoms with E-state index in [1.807, 2.05) is 30.3 Å². The van der Waals surface area contributed by atoms with Gasteiger partial charge in [0.15, 0.2) is 0 Å². The number of carbonyl (C=O) groups is 2. The van der Waals surface area contributed by atoms with Crippen LogP contribution in [0.15, 0.2) is 30.3 Å². The molecule has 1 aromatic heterocycles. The minimum atomic E-state index is -0.726. The molecule has 0 atom stereocenters. The van der Waals surface area contributed by atoms with Crippen molar-refractivity contribution in [2.75, 3.05) is 5.01 Å². The van der Waals surface area contributed by atoms with Crippen molar-refractivity contribution in [3.05, 3.63) is 30.3 Å². The Balaban J connectivity index is 2.31. The van der Waals surface area contributed by atoms with Crippen molar-refractivity contribution in [3.63, 3.8) is 0 Å². The Morgan fingerprint density at radius 3 is 2.16 bits per heavy atom. The van der Waals surface area contributed by atoms with Gasteiger partial charge >= 0.3 is 12.2 Å². The van der Waals surface area contributed by atoms with Crippen LogP contribution in [0.1, 0.15) is 41.5 Å². The maximum absolute atomic E-state index is 12.6. The van der Waals surface area contributed by atoms with E-state index in [-0.39, 0.29) is 0 Å². The van der Waals surface area contributed by atoms with Crippen LogP contribution in [0.25, 0.3) is 10.1 Å². The second kappa shape index (κ2) is 6.92. The molecular weight excluding hydrogens is 340 g/mol. The molecule has 1 aromatic carbocycles. The summed E-state index contributed by atoms with van der Waals surface area (Å²) in [6.07, 6.45) is -1.40. The van der Waals surface area contributed by atoms with Crippen molar-refractivity contribution in [3.8, 4) is 0 Å². The molecule has 0 saturated heterocycles. The molecule has 0 spiro atoms. The number of hydrogen-bond donors (Lipinski definition) is 1. The molecule has 1 N–H and O–H groups in total. The van der Waals surface area contributed by atoms with Crippen LogP contribution < -0.4 is 10.4 Å². The second-order valence-electron chi connectivity index (χ2n) is 7.55. The molecular formula is C18H24N2O4S. The van der Waals surface area contributed by atoms with Crippen molar-refractivity contribution in [1.82, 2.24) is 5.43 Å². The van der Waals surface area contributed by atoms with Crippen LogP contribution in [-0.4, -0.2) is 23.4 Å². The minimum Gasteiger partial charge on any atom is -0.443 e. The number of nitrogens with zero attached hydrogens (tertiary/aromatic N) is 1. The van der Waals surface area contributed by atoms with E-state index in [9.17, 15) is 9.59 Å². The molecule has 7 heteroatoms. The fraction of sp³-hybridized carbons (Fsp3) is 0.444. The lowest BCUT2D eigenvalue weighted by Crippen LogP contribution is -2.49. The van der Waals surface area contributed by atoms with Crippen LogP contribution in [-0.2, 0) is 9.47 Å². The monoisotopic (exact) mass is 364 g/mol. The summed E-state index contributed by atoms with van der Waals surface area (Å²) in [5, 5.41) is 2.60. The summed E-state index contributed by atoms with van der Waals surface area (Å²) >= 11 is 1.37. The number of ether oxygens (including phenoxy) is 2. The van der Waals surface area contributed by atoms with Crippen LogP contribution in [0.4, 0.5) is 14.6 Å². The third-order valence-electron chi connectivity index (χ3n) is 2.81. The summed E-state index contributed by atoms with van der Waals surface area (Å²) in [5.41, 5.74) is 1.11. The van der Waals surface area contributed by atoms with Crippen molar-refractivity contribution in [1.29, 1.82) is 0 Å². The Bertz CT molecular complexity index is 738. The first kappa shape index (κ1) is 19.1. The number of anilines is 1. The van der Waals surface area contributed by atoms with E-state index in [1.165, 1.54) is 11.3 Å². The molecule has 0 aliphatic carbocycles. The zero-order valence-corrected chi connectivity index (χ0v) is 16.2. The Morgan fingerprint density at radius 1 is 1.00 bits per heavy atom. The highest BCUT2D eigenvalue weighted by atomic mass is 32.1. The van der Waals surface area contributed by atoms with Crippen molar-refractivity contribution >= 4 is 38.6 Å². The number of amides is 2. The van der Waals surface area contributed by atoms with E-state index < -0.39 is 23.4 Å². The Kier molecular flexibility index (Phi) is 5.27. The topological polar surface area (TPSA) is 67.9 Å². The number of fused-ring (bicyclic) bond motifs is 1. The van der Waals surface area contributed by atoms with Gasteiger partial charge in [-0.3, -0.25) is 0 Å². The standard InChI is InChI=1S/C18H24N2O4S/c1-17(2,3)23-15(21)19-20(16(22)24-18(4,5)6)14-11-12-9-7-8-10-13(12)25-14/h7-11H,1-6H3,(H,19,21). The molecule has 0 radical (unpaired) electrons. The van der Waals surface area contributed by atoms with E-state index in [0.29, 0.717) is 5.00 Å².